The number of halogens is 1. The third kappa shape index (κ3) is 3.97. The molecule has 6 heteroatoms. The number of hydrogen-bond donors (Lipinski definition) is 1. The molecule has 2 unspecified atom stereocenters. The summed E-state index contributed by atoms with van der Waals surface area (Å²) in [7, 11) is -3.09. The van der Waals surface area contributed by atoms with Crippen molar-refractivity contribution in [2.24, 2.45) is 11.8 Å². The van der Waals surface area contributed by atoms with Crippen LogP contribution in [0.15, 0.2) is 29.2 Å². The molecule has 2 saturated heterocycles. The van der Waals surface area contributed by atoms with E-state index in [1.165, 1.54) is 24.8 Å². The highest BCUT2D eigenvalue weighted by Crippen LogP contribution is 2.27. The number of hydrogen-bond acceptors (Lipinski definition) is 4. The topological polar surface area (TPSA) is 49.4 Å². The molecule has 118 valence electrons. The second-order valence-electron chi connectivity index (χ2n) is 6.12. The molecule has 2 aliphatic heterocycles. The fourth-order valence-corrected chi connectivity index (χ4v) is 3.98. The summed E-state index contributed by atoms with van der Waals surface area (Å²) in [6.07, 6.45) is 2.53. The molecule has 0 spiro atoms. The van der Waals surface area contributed by atoms with Crippen molar-refractivity contribution in [2.45, 2.75) is 17.9 Å². The Balaban J connectivity index is 0.00000161. The van der Waals surface area contributed by atoms with Gasteiger partial charge >= 0.3 is 0 Å². The first-order valence-electron chi connectivity index (χ1n) is 7.24. The van der Waals surface area contributed by atoms with Crippen LogP contribution in [0.3, 0.4) is 0 Å². The fraction of sp³-hybridized carbons (Fsp3) is 0.600. The third-order valence-electron chi connectivity index (χ3n) is 4.55. The number of likely N-dealkylation sites (tertiary alicyclic amines) is 1. The Morgan fingerprint density at radius 3 is 2.52 bits per heavy atom. The second kappa shape index (κ2) is 6.65. The van der Waals surface area contributed by atoms with E-state index in [-0.39, 0.29) is 12.4 Å². The van der Waals surface area contributed by atoms with Crippen LogP contribution in [0.4, 0.5) is 0 Å². The van der Waals surface area contributed by atoms with E-state index in [0.717, 1.165) is 38.0 Å². The van der Waals surface area contributed by atoms with Crippen molar-refractivity contribution in [1.29, 1.82) is 0 Å². The van der Waals surface area contributed by atoms with Crippen molar-refractivity contribution >= 4 is 22.2 Å². The highest BCUT2D eigenvalue weighted by atomic mass is 35.5. The molecule has 0 amide bonds. The number of fused-ring (bicyclic) bond motifs is 1. The lowest BCUT2D eigenvalue weighted by Crippen LogP contribution is -2.39. The van der Waals surface area contributed by atoms with E-state index in [1.807, 2.05) is 12.1 Å². The molecule has 0 aliphatic carbocycles. The maximum Gasteiger partial charge on any atom is 0.175 e. The summed E-state index contributed by atoms with van der Waals surface area (Å²) in [4.78, 5) is 2.89. The molecule has 1 N–H and O–H groups in total. The van der Waals surface area contributed by atoms with Crippen LogP contribution < -0.4 is 5.32 Å². The predicted molar refractivity (Wildman–Crippen MR) is 86.5 cm³/mol. The van der Waals surface area contributed by atoms with Crippen molar-refractivity contribution in [1.82, 2.24) is 10.2 Å². The molecule has 2 aliphatic rings. The first-order chi connectivity index (χ1) is 9.52. The number of nitrogens with one attached hydrogen (secondary N) is 1. The molecule has 1 aromatic rings. The summed E-state index contributed by atoms with van der Waals surface area (Å²) in [5, 5.41) is 3.48. The van der Waals surface area contributed by atoms with Gasteiger partial charge in [0.1, 0.15) is 0 Å². The van der Waals surface area contributed by atoms with Gasteiger partial charge in [-0.2, -0.15) is 0 Å². The van der Waals surface area contributed by atoms with Crippen LogP contribution in [0.2, 0.25) is 0 Å². The molecule has 3 rings (SSSR count). The second-order valence-corrected chi connectivity index (χ2v) is 8.13. The summed E-state index contributed by atoms with van der Waals surface area (Å²) in [6.45, 7) is 5.56. The van der Waals surface area contributed by atoms with E-state index in [9.17, 15) is 8.42 Å². The van der Waals surface area contributed by atoms with Crippen LogP contribution in [0.25, 0.3) is 0 Å². The lowest BCUT2D eigenvalue weighted by Gasteiger charge is -2.34. The number of nitrogens with zero attached hydrogens (tertiary/aromatic N) is 1. The Hall–Kier alpha value is -0.620. The highest BCUT2D eigenvalue weighted by Gasteiger charge is 2.32. The Kier molecular flexibility index (Phi) is 5.30. The molecule has 2 heterocycles. The molecular formula is C15H23ClN2O2S. The van der Waals surface area contributed by atoms with Gasteiger partial charge in [-0.1, -0.05) is 12.1 Å². The number of rotatable bonds is 3. The van der Waals surface area contributed by atoms with E-state index < -0.39 is 9.84 Å². The SMILES string of the molecule is CS(=O)(=O)c1ccc(CN2CCC3CNCC3C2)cc1.Cl. The molecule has 0 bridgehead atoms. The van der Waals surface area contributed by atoms with Crippen molar-refractivity contribution in [3.63, 3.8) is 0 Å². The summed E-state index contributed by atoms with van der Waals surface area (Å²) in [6, 6.07) is 7.31. The van der Waals surface area contributed by atoms with Crippen molar-refractivity contribution in [3.05, 3.63) is 29.8 Å². The zero-order valence-corrected chi connectivity index (χ0v) is 13.9. The van der Waals surface area contributed by atoms with Gasteiger partial charge in [0.15, 0.2) is 9.84 Å². The molecular weight excluding hydrogens is 308 g/mol. The van der Waals surface area contributed by atoms with E-state index in [2.05, 4.69) is 10.2 Å². The molecule has 21 heavy (non-hydrogen) atoms. The van der Waals surface area contributed by atoms with Crippen LogP contribution in [0, 0.1) is 11.8 Å². The maximum absolute atomic E-state index is 11.4. The van der Waals surface area contributed by atoms with E-state index in [0.29, 0.717) is 4.90 Å². The maximum atomic E-state index is 11.4. The number of sulfone groups is 1. The fourth-order valence-electron chi connectivity index (χ4n) is 3.35. The zero-order chi connectivity index (χ0) is 14.2. The highest BCUT2D eigenvalue weighted by molar-refractivity contribution is 7.90. The molecule has 2 atom stereocenters. The average Bonchev–Trinajstić information content (AvgIpc) is 2.86. The normalized spacial score (nSPS) is 26.1. The van der Waals surface area contributed by atoms with Gasteiger partial charge < -0.3 is 5.32 Å². The number of benzene rings is 1. The van der Waals surface area contributed by atoms with Crippen LogP contribution in [-0.2, 0) is 16.4 Å². The zero-order valence-electron chi connectivity index (χ0n) is 12.3. The van der Waals surface area contributed by atoms with Crippen LogP contribution >= 0.6 is 12.4 Å². The summed E-state index contributed by atoms with van der Waals surface area (Å²) < 4.78 is 22.9. The monoisotopic (exact) mass is 330 g/mol. The summed E-state index contributed by atoms with van der Waals surface area (Å²) in [5.41, 5.74) is 1.20. The minimum atomic E-state index is -3.09. The lowest BCUT2D eigenvalue weighted by molar-refractivity contribution is 0.142. The van der Waals surface area contributed by atoms with Gasteiger partial charge in [0, 0.05) is 19.3 Å². The largest absolute Gasteiger partial charge is 0.316 e. The Morgan fingerprint density at radius 2 is 1.86 bits per heavy atom. The molecule has 2 fully saturated rings. The van der Waals surface area contributed by atoms with E-state index in [1.54, 1.807) is 12.1 Å². The Labute approximate surface area is 133 Å². The average molecular weight is 331 g/mol. The molecule has 0 saturated carbocycles. The first kappa shape index (κ1) is 16.7. The van der Waals surface area contributed by atoms with Gasteiger partial charge in [-0.05, 0) is 55.6 Å². The lowest BCUT2D eigenvalue weighted by atomic mass is 9.88. The predicted octanol–water partition coefficient (Wildman–Crippen LogP) is 1.55. The molecule has 4 nitrogen and oxygen atoms in total. The standard InChI is InChI=1S/C15H22N2O2S.ClH/c1-20(18,19)15-4-2-12(3-5-15)10-17-7-6-13-8-16-9-14(13)11-17;/h2-5,13-14,16H,6-11H2,1H3;1H. The quantitative estimate of drug-likeness (QED) is 0.913. The minimum absolute atomic E-state index is 0. The van der Waals surface area contributed by atoms with E-state index >= 15 is 0 Å². The first-order valence-corrected chi connectivity index (χ1v) is 9.13. The van der Waals surface area contributed by atoms with Crippen LogP contribution in [-0.4, -0.2) is 45.8 Å². The molecule has 0 aromatic heterocycles. The van der Waals surface area contributed by atoms with Crippen LogP contribution in [0.5, 0.6) is 0 Å². The molecule has 0 radical (unpaired) electrons. The van der Waals surface area contributed by atoms with Crippen LogP contribution in [0.1, 0.15) is 12.0 Å². The smallest absolute Gasteiger partial charge is 0.175 e. The van der Waals surface area contributed by atoms with Crippen molar-refractivity contribution in [2.75, 3.05) is 32.4 Å². The minimum Gasteiger partial charge on any atom is -0.316 e. The van der Waals surface area contributed by atoms with Gasteiger partial charge in [-0.15, -0.1) is 12.4 Å². The Bertz CT molecular complexity index is 574. The van der Waals surface area contributed by atoms with Crippen molar-refractivity contribution < 1.29 is 8.42 Å². The summed E-state index contributed by atoms with van der Waals surface area (Å²) >= 11 is 0. The van der Waals surface area contributed by atoms with Gasteiger partial charge in [0.2, 0.25) is 0 Å². The Morgan fingerprint density at radius 1 is 1.19 bits per heavy atom. The van der Waals surface area contributed by atoms with Gasteiger partial charge in [-0.25, -0.2) is 8.42 Å². The van der Waals surface area contributed by atoms with Crippen molar-refractivity contribution in [3.8, 4) is 0 Å². The summed E-state index contributed by atoms with van der Waals surface area (Å²) in [5.74, 6) is 1.65. The third-order valence-corrected chi connectivity index (χ3v) is 5.67. The number of piperidine rings is 1. The van der Waals surface area contributed by atoms with Gasteiger partial charge in [-0.3, -0.25) is 4.90 Å². The van der Waals surface area contributed by atoms with Gasteiger partial charge in [0.25, 0.3) is 0 Å². The van der Waals surface area contributed by atoms with E-state index in [4.69, 9.17) is 0 Å². The van der Waals surface area contributed by atoms with Gasteiger partial charge in [0.05, 0.1) is 4.90 Å². The molecule has 1 aromatic carbocycles.